The number of amides is 1. The molecular formula is C20H29ClN2O2. The van der Waals surface area contributed by atoms with Crippen LogP contribution < -0.4 is 0 Å². The normalized spacial score (nSPS) is 25.2. The van der Waals surface area contributed by atoms with Crippen LogP contribution in [0.2, 0.25) is 5.02 Å². The molecule has 2 saturated heterocycles. The molecule has 2 aliphatic rings. The van der Waals surface area contributed by atoms with Crippen molar-refractivity contribution in [2.75, 3.05) is 39.3 Å². The number of benzene rings is 1. The molecule has 2 heterocycles. The van der Waals surface area contributed by atoms with Crippen LogP contribution in [-0.2, 0) is 0 Å². The molecule has 5 heteroatoms. The van der Waals surface area contributed by atoms with Gasteiger partial charge in [-0.15, -0.1) is 0 Å². The molecule has 0 aromatic heterocycles. The minimum absolute atomic E-state index is 0.0611. The Bertz CT molecular complexity index is 599. The Kier molecular flexibility index (Phi) is 6.37. The molecule has 1 aromatic carbocycles. The fourth-order valence-electron chi connectivity index (χ4n) is 4.21. The summed E-state index contributed by atoms with van der Waals surface area (Å²) in [6.45, 7) is 6.76. The van der Waals surface area contributed by atoms with Crippen molar-refractivity contribution < 1.29 is 9.90 Å². The average Bonchev–Trinajstić information content (AvgIpc) is 2.81. The van der Waals surface area contributed by atoms with Crippen LogP contribution in [0.15, 0.2) is 18.2 Å². The van der Waals surface area contributed by atoms with Gasteiger partial charge in [0, 0.05) is 42.7 Å². The summed E-state index contributed by atoms with van der Waals surface area (Å²) >= 11 is 6.01. The number of likely N-dealkylation sites (tertiary alicyclic amines) is 2. The van der Waals surface area contributed by atoms with E-state index < -0.39 is 0 Å². The summed E-state index contributed by atoms with van der Waals surface area (Å²) in [7, 11) is 0. The molecule has 0 radical (unpaired) electrons. The first-order valence-corrected chi connectivity index (χ1v) is 9.85. The number of carbonyl (C=O) groups excluding carboxylic acids is 1. The number of carbonyl (C=O) groups is 1. The fourth-order valence-corrected chi connectivity index (χ4v) is 4.43. The predicted molar refractivity (Wildman–Crippen MR) is 101 cm³/mol. The summed E-state index contributed by atoms with van der Waals surface area (Å²) < 4.78 is 0. The monoisotopic (exact) mass is 364 g/mol. The summed E-state index contributed by atoms with van der Waals surface area (Å²) in [6.07, 6.45) is 5.18. The van der Waals surface area contributed by atoms with E-state index in [4.69, 9.17) is 11.6 Å². The van der Waals surface area contributed by atoms with Crippen LogP contribution in [0, 0.1) is 18.8 Å². The maximum atomic E-state index is 12.9. The Hall–Kier alpha value is -1.10. The molecule has 25 heavy (non-hydrogen) atoms. The molecule has 2 aliphatic heterocycles. The third-order valence-electron chi connectivity index (χ3n) is 5.71. The highest BCUT2D eigenvalue weighted by Crippen LogP contribution is 2.27. The van der Waals surface area contributed by atoms with Crippen LogP contribution in [-0.4, -0.2) is 60.1 Å². The molecule has 4 nitrogen and oxygen atoms in total. The Balaban J connectivity index is 1.66. The first kappa shape index (κ1) is 18.7. The Morgan fingerprint density at radius 1 is 1.16 bits per heavy atom. The van der Waals surface area contributed by atoms with Gasteiger partial charge in [-0.25, -0.2) is 0 Å². The number of halogens is 1. The summed E-state index contributed by atoms with van der Waals surface area (Å²) in [6, 6.07) is 5.43. The van der Waals surface area contributed by atoms with Gasteiger partial charge in [0.15, 0.2) is 0 Å². The van der Waals surface area contributed by atoms with E-state index >= 15 is 0 Å². The highest BCUT2D eigenvalue weighted by molar-refractivity contribution is 6.30. The lowest BCUT2D eigenvalue weighted by atomic mass is 9.96. The summed E-state index contributed by atoms with van der Waals surface area (Å²) in [5.74, 6) is 0.602. The molecule has 0 saturated carbocycles. The third kappa shape index (κ3) is 4.55. The molecule has 1 N–H and O–H groups in total. The van der Waals surface area contributed by atoms with Crippen molar-refractivity contribution in [3.8, 4) is 0 Å². The predicted octanol–water partition coefficient (Wildman–Crippen LogP) is 3.20. The van der Waals surface area contributed by atoms with Gasteiger partial charge >= 0.3 is 0 Å². The average molecular weight is 365 g/mol. The second kappa shape index (κ2) is 8.52. The van der Waals surface area contributed by atoms with Crippen LogP contribution in [0.1, 0.15) is 41.6 Å². The second-order valence-electron chi connectivity index (χ2n) is 7.59. The molecule has 0 unspecified atom stereocenters. The fraction of sp³-hybridized carbons (Fsp3) is 0.650. The number of hydrogen-bond donors (Lipinski definition) is 1. The smallest absolute Gasteiger partial charge is 0.254 e. The van der Waals surface area contributed by atoms with Gasteiger partial charge in [-0.2, -0.15) is 0 Å². The van der Waals surface area contributed by atoms with Gasteiger partial charge in [0.2, 0.25) is 0 Å². The van der Waals surface area contributed by atoms with Gasteiger partial charge in [0.1, 0.15) is 0 Å². The first-order valence-electron chi connectivity index (χ1n) is 9.47. The quantitative estimate of drug-likeness (QED) is 0.892. The van der Waals surface area contributed by atoms with Crippen LogP contribution in [0.5, 0.6) is 0 Å². The van der Waals surface area contributed by atoms with E-state index in [9.17, 15) is 9.90 Å². The van der Waals surface area contributed by atoms with E-state index in [1.807, 2.05) is 24.0 Å². The lowest BCUT2D eigenvalue weighted by Crippen LogP contribution is -2.35. The van der Waals surface area contributed by atoms with Gasteiger partial charge in [-0.3, -0.25) is 4.79 Å². The van der Waals surface area contributed by atoms with Gasteiger partial charge in [0.05, 0.1) is 0 Å². The molecule has 2 fully saturated rings. The maximum Gasteiger partial charge on any atom is 0.254 e. The minimum atomic E-state index is 0.0611. The van der Waals surface area contributed by atoms with Crippen molar-refractivity contribution in [3.05, 3.63) is 34.3 Å². The van der Waals surface area contributed by atoms with Crippen molar-refractivity contribution in [1.29, 1.82) is 0 Å². The van der Waals surface area contributed by atoms with Crippen molar-refractivity contribution in [2.45, 2.75) is 32.6 Å². The van der Waals surface area contributed by atoms with E-state index in [2.05, 4.69) is 4.90 Å². The Morgan fingerprint density at radius 3 is 2.48 bits per heavy atom. The van der Waals surface area contributed by atoms with Crippen molar-refractivity contribution in [1.82, 2.24) is 9.80 Å². The zero-order chi connectivity index (χ0) is 17.8. The van der Waals surface area contributed by atoms with Gasteiger partial charge in [0.25, 0.3) is 5.91 Å². The van der Waals surface area contributed by atoms with Crippen LogP contribution in [0.25, 0.3) is 0 Å². The molecule has 3 rings (SSSR count). The first-order chi connectivity index (χ1) is 12.1. The number of hydrogen-bond acceptors (Lipinski definition) is 3. The summed E-state index contributed by atoms with van der Waals surface area (Å²) in [5.41, 5.74) is 1.63. The third-order valence-corrected chi connectivity index (χ3v) is 5.94. The lowest BCUT2D eigenvalue weighted by Gasteiger charge is -2.26. The van der Waals surface area contributed by atoms with E-state index in [0.29, 0.717) is 17.5 Å². The van der Waals surface area contributed by atoms with Gasteiger partial charge < -0.3 is 14.9 Å². The zero-order valence-corrected chi connectivity index (χ0v) is 15.8. The van der Waals surface area contributed by atoms with Crippen molar-refractivity contribution in [3.63, 3.8) is 0 Å². The zero-order valence-electron chi connectivity index (χ0n) is 15.1. The van der Waals surface area contributed by atoms with Crippen LogP contribution in [0.4, 0.5) is 0 Å². The van der Waals surface area contributed by atoms with Crippen molar-refractivity contribution in [2.24, 2.45) is 11.8 Å². The highest BCUT2D eigenvalue weighted by atomic mass is 35.5. The highest BCUT2D eigenvalue weighted by Gasteiger charge is 2.36. The number of nitrogens with zero attached hydrogens (tertiary/aromatic N) is 2. The minimum Gasteiger partial charge on any atom is -0.396 e. The molecule has 0 bridgehead atoms. The van der Waals surface area contributed by atoms with E-state index in [-0.39, 0.29) is 18.4 Å². The number of aliphatic hydroxyl groups excluding tert-OH is 1. The van der Waals surface area contributed by atoms with Crippen molar-refractivity contribution >= 4 is 17.5 Å². The van der Waals surface area contributed by atoms with E-state index in [0.717, 1.165) is 37.3 Å². The summed E-state index contributed by atoms with van der Waals surface area (Å²) in [4.78, 5) is 17.4. The maximum absolute atomic E-state index is 12.9. The number of aliphatic hydroxyl groups is 1. The molecule has 0 aliphatic carbocycles. The van der Waals surface area contributed by atoms with E-state index in [1.165, 1.54) is 25.7 Å². The number of rotatable bonds is 4. The van der Waals surface area contributed by atoms with Crippen LogP contribution in [0.3, 0.4) is 0 Å². The standard InChI is InChI=1S/C20H29ClN2O2/c1-15-10-18(21)6-7-19(15)20(25)23-12-16(17(13-23)14-24)11-22-8-4-2-3-5-9-22/h6-7,10,16-17,24H,2-5,8-9,11-14H2,1H3/t16-,17-/m1/s1. The molecule has 1 aromatic rings. The molecular weight excluding hydrogens is 336 g/mol. The molecule has 2 atom stereocenters. The topological polar surface area (TPSA) is 43.8 Å². The molecule has 1 amide bonds. The SMILES string of the molecule is Cc1cc(Cl)ccc1C(=O)N1C[C@@H](CN2CCCCCC2)[C@@H](CO)C1. The van der Waals surface area contributed by atoms with Gasteiger partial charge in [-0.1, -0.05) is 24.4 Å². The molecule has 138 valence electrons. The Morgan fingerprint density at radius 2 is 1.84 bits per heavy atom. The van der Waals surface area contributed by atoms with E-state index in [1.54, 1.807) is 6.07 Å². The Labute approximate surface area is 155 Å². The van der Waals surface area contributed by atoms with Crippen LogP contribution >= 0.6 is 11.6 Å². The molecule has 0 spiro atoms. The summed E-state index contributed by atoms with van der Waals surface area (Å²) in [5, 5.41) is 10.5. The van der Waals surface area contributed by atoms with Gasteiger partial charge in [-0.05, 0) is 62.5 Å². The second-order valence-corrected chi connectivity index (χ2v) is 8.02. The number of aryl methyl sites for hydroxylation is 1. The lowest BCUT2D eigenvalue weighted by molar-refractivity contribution is 0.0778. The largest absolute Gasteiger partial charge is 0.396 e.